The molecule has 27 heavy (non-hydrogen) atoms. The number of carbonyl (C=O) groups excluding carboxylic acids is 1. The molecule has 1 aromatic heterocycles. The van der Waals surface area contributed by atoms with Gasteiger partial charge in [-0.3, -0.25) is 10.1 Å². The van der Waals surface area contributed by atoms with Crippen LogP contribution in [0.4, 0.5) is 5.13 Å². The van der Waals surface area contributed by atoms with Crippen molar-refractivity contribution in [1.29, 1.82) is 0 Å². The molecule has 1 N–H and O–H groups in total. The van der Waals surface area contributed by atoms with Crippen LogP contribution in [0, 0.1) is 0 Å². The Morgan fingerprint density at radius 2 is 1.81 bits per heavy atom. The molecule has 0 saturated carbocycles. The highest BCUT2D eigenvalue weighted by atomic mass is 35.5. The number of hydrogen-bond acceptors (Lipinski definition) is 6. The lowest BCUT2D eigenvalue weighted by molar-refractivity contribution is -0.118. The molecule has 3 rings (SSSR count). The third-order valence-corrected chi connectivity index (χ3v) is 6.25. The van der Waals surface area contributed by atoms with Gasteiger partial charge < -0.3 is 4.74 Å². The molecule has 0 aliphatic carbocycles. The summed E-state index contributed by atoms with van der Waals surface area (Å²) in [5.74, 6) is 0.674. The molecule has 10 heteroatoms. The zero-order chi connectivity index (χ0) is 19.2. The third-order valence-electron chi connectivity index (χ3n) is 3.19. The maximum Gasteiger partial charge on any atom is 0.264 e. The highest BCUT2D eigenvalue weighted by Crippen LogP contribution is 2.34. The number of anilines is 1. The van der Waals surface area contributed by atoms with Gasteiger partial charge in [-0.1, -0.05) is 88.2 Å². The Balaban J connectivity index is 1.50. The molecule has 0 aliphatic heterocycles. The van der Waals surface area contributed by atoms with Crippen molar-refractivity contribution in [3.05, 3.63) is 63.1 Å². The van der Waals surface area contributed by atoms with Crippen LogP contribution in [0.15, 0.2) is 46.8 Å². The number of amides is 1. The molecule has 3 aromatic rings. The zero-order valence-corrected chi connectivity index (χ0v) is 17.5. The minimum Gasteiger partial charge on any atom is -0.482 e. The van der Waals surface area contributed by atoms with Crippen molar-refractivity contribution in [3.63, 3.8) is 0 Å². The molecule has 2 aromatic carbocycles. The largest absolute Gasteiger partial charge is 0.482 e. The van der Waals surface area contributed by atoms with Crippen LogP contribution in [-0.4, -0.2) is 22.7 Å². The molecule has 0 bridgehead atoms. The molecule has 0 fully saturated rings. The molecule has 140 valence electrons. The summed E-state index contributed by atoms with van der Waals surface area (Å²) in [6.45, 7) is -0.246. The van der Waals surface area contributed by atoms with E-state index in [1.54, 1.807) is 11.8 Å². The zero-order valence-electron chi connectivity index (χ0n) is 13.6. The average molecular weight is 461 g/mol. The van der Waals surface area contributed by atoms with E-state index >= 15 is 0 Å². The van der Waals surface area contributed by atoms with Crippen molar-refractivity contribution in [1.82, 2.24) is 10.2 Å². The second-order valence-electron chi connectivity index (χ2n) is 5.18. The fourth-order valence-electron chi connectivity index (χ4n) is 1.95. The molecule has 5 nitrogen and oxygen atoms in total. The van der Waals surface area contributed by atoms with Gasteiger partial charge in [0.15, 0.2) is 10.9 Å². The fraction of sp³-hybridized carbons (Fsp3) is 0.118. The summed E-state index contributed by atoms with van der Waals surface area (Å²) in [6, 6.07) is 13.0. The average Bonchev–Trinajstić information content (AvgIpc) is 3.10. The Hall–Kier alpha value is -1.51. The first kappa shape index (κ1) is 20.2. The molecule has 1 heterocycles. The quantitative estimate of drug-likeness (QED) is 0.274. The summed E-state index contributed by atoms with van der Waals surface area (Å²) in [6.07, 6.45) is 0. The van der Waals surface area contributed by atoms with E-state index in [2.05, 4.69) is 15.5 Å². The Morgan fingerprint density at radius 3 is 2.59 bits per heavy atom. The van der Waals surface area contributed by atoms with E-state index in [4.69, 9.17) is 39.5 Å². The third kappa shape index (κ3) is 5.99. The van der Waals surface area contributed by atoms with Gasteiger partial charge in [0, 0.05) is 11.8 Å². The maximum atomic E-state index is 12.0. The first-order valence-electron chi connectivity index (χ1n) is 7.58. The van der Waals surface area contributed by atoms with Crippen LogP contribution in [0.1, 0.15) is 5.56 Å². The van der Waals surface area contributed by atoms with E-state index in [-0.39, 0.29) is 23.3 Å². The summed E-state index contributed by atoms with van der Waals surface area (Å²) < 4.78 is 6.15. The van der Waals surface area contributed by atoms with Gasteiger partial charge in [-0.05, 0) is 11.6 Å². The summed E-state index contributed by atoms with van der Waals surface area (Å²) in [7, 11) is 0. The number of nitrogens with one attached hydrogen (secondary N) is 1. The Morgan fingerprint density at radius 1 is 1.07 bits per heavy atom. The van der Waals surface area contributed by atoms with Crippen molar-refractivity contribution >= 4 is 68.9 Å². The van der Waals surface area contributed by atoms with Gasteiger partial charge in [0.05, 0.1) is 15.1 Å². The van der Waals surface area contributed by atoms with Crippen molar-refractivity contribution < 1.29 is 9.53 Å². The topological polar surface area (TPSA) is 64.1 Å². The second kappa shape index (κ2) is 9.61. The standard InChI is InChI=1S/C17H12Cl3N3O2S2/c18-11-6-13(20)14(7-12(11)19)25-8-15(24)21-16-22-23-17(27-16)26-9-10-4-2-1-3-5-10/h1-7H,8-9H2,(H,21,22,24). The lowest BCUT2D eigenvalue weighted by Gasteiger charge is -2.08. The minimum absolute atomic E-state index is 0.246. The highest BCUT2D eigenvalue weighted by Gasteiger charge is 2.12. The molecule has 0 aliphatic rings. The number of nitrogens with zero attached hydrogens (tertiary/aromatic N) is 2. The summed E-state index contributed by atoms with van der Waals surface area (Å²) in [5, 5.41) is 11.9. The predicted molar refractivity (Wildman–Crippen MR) is 112 cm³/mol. The smallest absolute Gasteiger partial charge is 0.264 e. The molecular formula is C17H12Cl3N3O2S2. The number of thioether (sulfide) groups is 1. The molecule has 0 saturated heterocycles. The molecule has 0 spiro atoms. The number of benzene rings is 2. The van der Waals surface area contributed by atoms with Gasteiger partial charge in [0.1, 0.15) is 5.75 Å². The number of ether oxygens (including phenoxy) is 1. The van der Waals surface area contributed by atoms with Gasteiger partial charge in [-0.15, -0.1) is 10.2 Å². The second-order valence-corrected chi connectivity index (χ2v) is 8.60. The monoisotopic (exact) mass is 459 g/mol. The number of rotatable bonds is 7. The van der Waals surface area contributed by atoms with E-state index < -0.39 is 0 Å². The van der Waals surface area contributed by atoms with Crippen LogP contribution in [0.5, 0.6) is 5.75 Å². The molecule has 0 atom stereocenters. The Bertz CT molecular complexity index is 938. The number of hydrogen-bond donors (Lipinski definition) is 1. The summed E-state index contributed by atoms with van der Waals surface area (Å²) in [4.78, 5) is 12.0. The minimum atomic E-state index is -0.382. The van der Waals surface area contributed by atoms with E-state index in [0.717, 1.165) is 10.1 Å². The van der Waals surface area contributed by atoms with E-state index in [0.29, 0.717) is 15.2 Å². The van der Waals surface area contributed by atoms with Crippen molar-refractivity contribution in [2.75, 3.05) is 11.9 Å². The van der Waals surface area contributed by atoms with E-state index in [1.165, 1.54) is 29.0 Å². The molecule has 0 radical (unpaired) electrons. The van der Waals surface area contributed by atoms with Crippen molar-refractivity contribution in [2.24, 2.45) is 0 Å². The summed E-state index contributed by atoms with van der Waals surface area (Å²) in [5.41, 5.74) is 1.19. The van der Waals surface area contributed by atoms with Gasteiger partial charge >= 0.3 is 0 Å². The summed E-state index contributed by atoms with van der Waals surface area (Å²) >= 11 is 20.6. The number of halogens is 3. The van der Waals surface area contributed by atoms with Crippen LogP contribution in [-0.2, 0) is 10.5 Å². The van der Waals surface area contributed by atoms with Crippen LogP contribution < -0.4 is 10.1 Å². The van der Waals surface area contributed by atoms with Crippen LogP contribution in [0.2, 0.25) is 15.1 Å². The SMILES string of the molecule is O=C(COc1cc(Cl)c(Cl)cc1Cl)Nc1nnc(SCc2ccccc2)s1. The van der Waals surface area contributed by atoms with Gasteiger partial charge in [-0.25, -0.2) is 0 Å². The van der Waals surface area contributed by atoms with Crippen LogP contribution in [0.25, 0.3) is 0 Å². The number of carbonyl (C=O) groups is 1. The first-order valence-corrected chi connectivity index (χ1v) is 10.5. The lowest BCUT2D eigenvalue weighted by atomic mass is 10.2. The van der Waals surface area contributed by atoms with Crippen molar-refractivity contribution in [3.8, 4) is 5.75 Å². The van der Waals surface area contributed by atoms with Crippen molar-refractivity contribution in [2.45, 2.75) is 10.1 Å². The Kier molecular flexibility index (Phi) is 7.20. The van der Waals surface area contributed by atoms with Gasteiger partial charge in [-0.2, -0.15) is 0 Å². The molecular weight excluding hydrogens is 449 g/mol. The normalized spacial score (nSPS) is 10.6. The molecule has 0 unspecified atom stereocenters. The fourth-order valence-corrected chi connectivity index (χ4v) is 4.27. The first-order chi connectivity index (χ1) is 13.0. The number of aromatic nitrogens is 2. The van der Waals surface area contributed by atoms with E-state index in [9.17, 15) is 4.79 Å². The van der Waals surface area contributed by atoms with Crippen LogP contribution in [0.3, 0.4) is 0 Å². The van der Waals surface area contributed by atoms with E-state index in [1.807, 2.05) is 30.3 Å². The molecule has 1 amide bonds. The van der Waals surface area contributed by atoms with Crippen LogP contribution >= 0.6 is 57.9 Å². The predicted octanol–water partition coefficient (Wildman–Crippen LogP) is 5.81. The lowest BCUT2D eigenvalue weighted by Crippen LogP contribution is -2.20. The highest BCUT2D eigenvalue weighted by molar-refractivity contribution is 8.00. The van der Waals surface area contributed by atoms with Gasteiger partial charge in [0.2, 0.25) is 5.13 Å². The Labute approximate surface area is 179 Å². The van der Waals surface area contributed by atoms with Gasteiger partial charge in [0.25, 0.3) is 5.91 Å². The maximum absolute atomic E-state index is 12.0.